The van der Waals surface area contributed by atoms with E-state index in [0.717, 1.165) is 9.84 Å². The van der Waals surface area contributed by atoms with E-state index in [1.165, 1.54) is 67.8 Å². The molecule has 0 saturated heterocycles. The minimum absolute atomic E-state index is 0.123. The molecular weight excluding hydrogens is 530 g/mol. The van der Waals surface area contributed by atoms with Crippen LogP contribution < -0.4 is 21.2 Å². The van der Waals surface area contributed by atoms with Gasteiger partial charge in [-0.15, -0.1) is 0 Å². The first-order chi connectivity index (χ1) is 12.0. The number of hydrogen-bond donors (Lipinski definition) is 0. The maximum atomic E-state index is 4.04. The summed E-state index contributed by atoms with van der Waals surface area (Å²) in [7, 11) is 0. The van der Waals surface area contributed by atoms with E-state index in [1.807, 2.05) is 0 Å². The van der Waals surface area contributed by atoms with Gasteiger partial charge >= 0.3 is 181 Å². The fourth-order valence-electron chi connectivity index (χ4n) is 3.91. The molecule has 0 amide bonds. The van der Waals surface area contributed by atoms with Crippen molar-refractivity contribution in [1.82, 2.24) is 0 Å². The van der Waals surface area contributed by atoms with Gasteiger partial charge in [0.2, 0.25) is 0 Å². The summed E-state index contributed by atoms with van der Waals surface area (Å²) in [5.74, 6) is 1.00. The monoisotopic (exact) mass is 565 g/mol. The topological polar surface area (TPSA) is 0 Å². The molecule has 1 saturated carbocycles. The molecule has 0 radical (unpaired) electrons. The van der Waals surface area contributed by atoms with Crippen molar-refractivity contribution in [3.8, 4) is 0 Å². The number of halogens is 2. The Morgan fingerprint density at radius 2 is 1.96 bits per heavy atom. The van der Waals surface area contributed by atoms with Gasteiger partial charge in [-0.05, 0) is 0 Å². The number of benzene rings is 1. The van der Waals surface area contributed by atoms with Crippen molar-refractivity contribution in [3.63, 3.8) is 0 Å². The van der Waals surface area contributed by atoms with E-state index >= 15 is 0 Å². The molecule has 142 valence electrons. The van der Waals surface area contributed by atoms with Crippen molar-refractivity contribution in [3.05, 3.63) is 44.5 Å². The summed E-state index contributed by atoms with van der Waals surface area (Å²) < 4.78 is 3.91. The summed E-state index contributed by atoms with van der Waals surface area (Å²) in [6, 6.07) is 4.83. The number of alkyl halides is 2. The molecule has 1 fully saturated rings. The number of hydrogen-bond acceptors (Lipinski definition) is 0. The third kappa shape index (κ3) is 6.82. The van der Waals surface area contributed by atoms with Crippen LogP contribution in [0.4, 0.5) is 0 Å². The van der Waals surface area contributed by atoms with Crippen LogP contribution in [0.25, 0.3) is 0 Å². The van der Waals surface area contributed by atoms with E-state index in [0.29, 0.717) is 0 Å². The molecule has 0 heterocycles. The Morgan fingerprint density at radius 3 is 2.60 bits per heavy atom. The molecule has 0 spiro atoms. The van der Waals surface area contributed by atoms with E-state index in [1.54, 1.807) is 20.3 Å². The summed E-state index contributed by atoms with van der Waals surface area (Å²) in [6.07, 6.45) is 12.4. The van der Waals surface area contributed by atoms with Crippen molar-refractivity contribution in [2.45, 2.75) is 86.9 Å². The number of unbranched alkanes of at least 4 members (excludes halogenated alkanes) is 1. The molecule has 1 atom stereocenters. The second-order valence-corrected chi connectivity index (χ2v) is 12.2. The van der Waals surface area contributed by atoms with E-state index < -0.39 is 0 Å². The molecule has 0 bridgehead atoms. The van der Waals surface area contributed by atoms with Crippen LogP contribution in [0, 0.1) is 16.4 Å². The molecule has 0 unspecified atom stereocenters. The van der Waals surface area contributed by atoms with Gasteiger partial charge in [-0.1, -0.05) is 0 Å². The Balaban J connectivity index is 2.07. The predicted molar refractivity (Wildman–Crippen MR) is 116 cm³/mol. The summed E-state index contributed by atoms with van der Waals surface area (Å²) in [5, 5.41) is 0. The van der Waals surface area contributed by atoms with Crippen molar-refractivity contribution in [2.24, 2.45) is 5.92 Å². The number of allylic oxidation sites excluding steroid dienone is 1. The predicted octanol–water partition coefficient (Wildman–Crippen LogP) is 4.45. The van der Waals surface area contributed by atoms with Crippen LogP contribution in [0.15, 0.2) is 24.3 Å². The average Bonchev–Trinajstić information content (AvgIpc) is 2.61. The molecule has 2 heteroatoms. The first-order valence-electron chi connectivity index (χ1n) is 9.98. The van der Waals surface area contributed by atoms with Crippen LogP contribution >= 0.6 is 22.6 Å². The second kappa shape index (κ2) is 11.3. The zero-order chi connectivity index (χ0) is 18.2. The maximum absolute atomic E-state index is 4.04. The molecule has 0 nitrogen and oxygen atoms in total. The van der Waals surface area contributed by atoms with Crippen LogP contribution in [0.2, 0.25) is 0 Å². The fourth-order valence-corrected chi connectivity index (χ4v) is 9.30. The molecule has 2 rings (SSSR count). The Morgan fingerprint density at radius 1 is 1.24 bits per heavy atom. The van der Waals surface area contributed by atoms with Gasteiger partial charge in [-0.3, -0.25) is 0 Å². The molecule has 0 aromatic heterocycles. The fraction of sp³-hybridized carbons (Fsp3) is 0.652. The summed E-state index contributed by atoms with van der Waals surface area (Å²) in [4.78, 5) is 0. The van der Waals surface area contributed by atoms with Gasteiger partial charge in [0.05, 0.1) is 0 Å². The summed E-state index contributed by atoms with van der Waals surface area (Å²) in [6.45, 7) is 11.1. The van der Waals surface area contributed by atoms with E-state index in [-0.39, 0.29) is 21.2 Å². The normalized spacial score (nSPS) is 17.0. The van der Waals surface area contributed by atoms with Crippen LogP contribution in [0.3, 0.4) is 0 Å². The van der Waals surface area contributed by atoms with Gasteiger partial charge in [0.25, 0.3) is 0 Å². The molecule has 1 aromatic carbocycles. The molecule has 25 heavy (non-hydrogen) atoms. The van der Waals surface area contributed by atoms with Crippen LogP contribution in [0.1, 0.15) is 81.9 Å². The first-order valence-corrected chi connectivity index (χ1v) is 13.8. The summed E-state index contributed by atoms with van der Waals surface area (Å²) in [5.41, 5.74) is 6.22. The zero-order valence-electron chi connectivity index (χ0n) is 16.3. The van der Waals surface area contributed by atoms with E-state index in [2.05, 4.69) is 62.1 Å². The molecule has 1 aliphatic carbocycles. The number of aryl methyl sites for hydroxylation is 2. The van der Waals surface area contributed by atoms with Crippen molar-refractivity contribution in [1.29, 1.82) is 0 Å². The second-order valence-electron chi connectivity index (χ2n) is 7.82. The van der Waals surface area contributed by atoms with Gasteiger partial charge in [0, 0.05) is 0 Å². The molecule has 1 aromatic rings. The van der Waals surface area contributed by atoms with E-state index in [4.69, 9.17) is 0 Å². The van der Waals surface area contributed by atoms with Crippen molar-refractivity contribution >= 4 is 22.6 Å². The van der Waals surface area contributed by atoms with Crippen LogP contribution in [-0.4, -0.2) is 3.92 Å². The van der Waals surface area contributed by atoms with Crippen LogP contribution in [0.5, 0.6) is 0 Å². The van der Waals surface area contributed by atoms with E-state index in [9.17, 15) is 0 Å². The molecule has 0 N–H and O–H groups in total. The van der Waals surface area contributed by atoms with Gasteiger partial charge in [0.1, 0.15) is 0 Å². The summed E-state index contributed by atoms with van der Waals surface area (Å²) >= 11 is 2.72. The van der Waals surface area contributed by atoms with Crippen molar-refractivity contribution < 1.29 is 21.2 Å². The first kappa shape index (κ1) is 21.7. The van der Waals surface area contributed by atoms with Crippen LogP contribution in [-0.2, 0) is 10.8 Å². The van der Waals surface area contributed by atoms with Gasteiger partial charge < -0.3 is 0 Å². The SMILES string of the molecule is C=C(C)CCCCc1ccc(C)c([I-][C@H](C)C2CCCCC2)c1CI. The van der Waals surface area contributed by atoms with Gasteiger partial charge in [-0.2, -0.15) is 0 Å². The van der Waals surface area contributed by atoms with Gasteiger partial charge in [0.15, 0.2) is 0 Å². The third-order valence-electron chi connectivity index (χ3n) is 5.55. The Labute approximate surface area is 180 Å². The van der Waals surface area contributed by atoms with Crippen molar-refractivity contribution in [2.75, 3.05) is 0 Å². The Kier molecular flexibility index (Phi) is 9.82. The molecule has 1 aliphatic rings. The third-order valence-corrected chi connectivity index (χ3v) is 10.4. The molecular formula is C23H35I2-. The quantitative estimate of drug-likeness (QED) is 0.180. The van der Waals surface area contributed by atoms with Gasteiger partial charge in [-0.25, -0.2) is 0 Å². The minimum atomic E-state index is 0.123. The molecule has 0 aliphatic heterocycles. The standard InChI is InChI=1S/C23H35I2/c1-17(2)10-8-9-13-21-15-14-18(3)23(22(21)16-24)25-19(4)20-11-6-5-7-12-20/h14-15,19-20H,1,5-13,16H2,2-4H3/q-1/t19-/m1/s1. The zero-order valence-corrected chi connectivity index (χ0v) is 20.7. The Bertz CT molecular complexity index is 555. The number of rotatable bonds is 9. The Hall–Kier alpha value is 0.420. The average molecular weight is 565 g/mol.